The highest BCUT2D eigenvalue weighted by atomic mass is 79.9. The smallest absolute Gasteiger partial charge is 0.0859 e. The Morgan fingerprint density at radius 1 is 1.53 bits per heavy atom. The molecular weight excluding hydrogens is 258 g/mol. The summed E-state index contributed by atoms with van der Waals surface area (Å²) in [7, 11) is 0. The highest BCUT2D eigenvalue weighted by Crippen LogP contribution is 2.25. The lowest BCUT2D eigenvalue weighted by atomic mass is 9.99. The van der Waals surface area contributed by atoms with Gasteiger partial charge in [0.05, 0.1) is 18.8 Å². The quantitative estimate of drug-likeness (QED) is 0.884. The van der Waals surface area contributed by atoms with Crippen molar-refractivity contribution in [3.8, 4) is 0 Å². The van der Waals surface area contributed by atoms with Crippen LogP contribution >= 0.6 is 15.9 Å². The number of nitrogens with one attached hydrogen (secondary N) is 1. The molecule has 0 spiro atoms. The summed E-state index contributed by atoms with van der Waals surface area (Å²) in [5.41, 5.74) is 0.699. The second-order valence-corrected chi connectivity index (χ2v) is 4.79. The lowest BCUT2D eigenvalue weighted by molar-refractivity contribution is 0.152. The van der Waals surface area contributed by atoms with Gasteiger partial charge in [-0.3, -0.25) is 0 Å². The molecule has 1 aliphatic rings. The molecule has 1 aromatic rings. The van der Waals surface area contributed by atoms with E-state index in [1.807, 2.05) is 24.3 Å². The normalized spacial score (nSPS) is 25.5. The molecule has 82 valence electrons. The number of benzene rings is 1. The molecule has 0 radical (unpaired) electrons. The van der Waals surface area contributed by atoms with Gasteiger partial charge in [-0.1, -0.05) is 22.0 Å². The van der Waals surface area contributed by atoms with Gasteiger partial charge in [-0.2, -0.15) is 0 Å². The first-order chi connectivity index (χ1) is 7.24. The Bertz CT molecular complexity index is 337. The van der Waals surface area contributed by atoms with E-state index in [-0.39, 0.29) is 12.1 Å². The van der Waals surface area contributed by atoms with Crippen molar-refractivity contribution < 1.29 is 9.84 Å². The van der Waals surface area contributed by atoms with E-state index in [4.69, 9.17) is 4.74 Å². The highest BCUT2D eigenvalue weighted by molar-refractivity contribution is 9.10. The lowest BCUT2D eigenvalue weighted by Crippen LogP contribution is -2.42. The fourth-order valence-corrected chi connectivity index (χ4v) is 2.14. The molecule has 15 heavy (non-hydrogen) atoms. The summed E-state index contributed by atoms with van der Waals surface area (Å²) in [6, 6.07) is 7.92. The zero-order chi connectivity index (χ0) is 10.7. The summed E-state index contributed by atoms with van der Waals surface area (Å²) in [5.74, 6) is 0. The van der Waals surface area contributed by atoms with Gasteiger partial charge in [-0.25, -0.2) is 0 Å². The molecule has 0 saturated carbocycles. The summed E-state index contributed by atoms with van der Waals surface area (Å²) >= 11 is 3.42. The molecule has 0 bridgehead atoms. The van der Waals surface area contributed by atoms with Gasteiger partial charge >= 0.3 is 0 Å². The molecule has 1 aliphatic heterocycles. The van der Waals surface area contributed by atoms with E-state index in [9.17, 15) is 5.11 Å². The van der Waals surface area contributed by atoms with Crippen molar-refractivity contribution in [3.63, 3.8) is 0 Å². The lowest BCUT2D eigenvalue weighted by Gasteiger charge is -2.27. The zero-order valence-electron chi connectivity index (χ0n) is 8.37. The van der Waals surface area contributed by atoms with E-state index in [1.54, 1.807) is 0 Å². The third-order valence-corrected chi connectivity index (χ3v) is 3.13. The van der Waals surface area contributed by atoms with Crippen molar-refractivity contribution in [1.29, 1.82) is 0 Å². The zero-order valence-corrected chi connectivity index (χ0v) is 9.96. The van der Waals surface area contributed by atoms with Crippen LogP contribution in [0.5, 0.6) is 0 Å². The standard InChI is InChI=1S/C11H14BrNO2/c12-9-2-1-3-10(6-9)13-11(7-14)4-5-15-8-11/h1-3,6,13-14H,4-5,7-8H2. The van der Waals surface area contributed by atoms with Gasteiger partial charge in [0, 0.05) is 16.8 Å². The number of hydrogen-bond donors (Lipinski definition) is 2. The van der Waals surface area contributed by atoms with Gasteiger partial charge < -0.3 is 15.2 Å². The van der Waals surface area contributed by atoms with Crippen molar-refractivity contribution in [2.45, 2.75) is 12.0 Å². The molecule has 0 amide bonds. The van der Waals surface area contributed by atoms with Crippen molar-refractivity contribution in [2.24, 2.45) is 0 Å². The molecule has 2 N–H and O–H groups in total. The predicted molar refractivity (Wildman–Crippen MR) is 63.0 cm³/mol. The Hall–Kier alpha value is -0.580. The Kier molecular flexibility index (Phi) is 3.29. The summed E-state index contributed by atoms with van der Waals surface area (Å²) in [4.78, 5) is 0. The fraction of sp³-hybridized carbons (Fsp3) is 0.455. The maximum atomic E-state index is 9.39. The van der Waals surface area contributed by atoms with Crippen molar-refractivity contribution in [3.05, 3.63) is 28.7 Å². The molecule has 3 nitrogen and oxygen atoms in total. The molecular formula is C11H14BrNO2. The van der Waals surface area contributed by atoms with Crippen LogP contribution in [0.3, 0.4) is 0 Å². The summed E-state index contributed by atoms with van der Waals surface area (Å²) in [5, 5.41) is 12.7. The van der Waals surface area contributed by atoms with Crippen LogP contribution in [0.15, 0.2) is 28.7 Å². The van der Waals surface area contributed by atoms with Crippen LogP contribution in [0.4, 0.5) is 5.69 Å². The minimum Gasteiger partial charge on any atom is -0.394 e. The van der Waals surface area contributed by atoms with Crippen LogP contribution in [0.25, 0.3) is 0 Å². The van der Waals surface area contributed by atoms with Gasteiger partial charge in [0.1, 0.15) is 0 Å². The molecule has 2 rings (SSSR count). The van der Waals surface area contributed by atoms with Crippen molar-refractivity contribution in [1.82, 2.24) is 0 Å². The van der Waals surface area contributed by atoms with E-state index in [0.29, 0.717) is 13.2 Å². The largest absolute Gasteiger partial charge is 0.394 e. The second kappa shape index (κ2) is 4.51. The number of anilines is 1. The van der Waals surface area contributed by atoms with Crippen LogP contribution in [0, 0.1) is 0 Å². The van der Waals surface area contributed by atoms with E-state index < -0.39 is 0 Å². The van der Waals surface area contributed by atoms with Crippen molar-refractivity contribution >= 4 is 21.6 Å². The van der Waals surface area contributed by atoms with Crippen molar-refractivity contribution in [2.75, 3.05) is 25.1 Å². The monoisotopic (exact) mass is 271 g/mol. The van der Waals surface area contributed by atoms with Crippen LogP contribution in [-0.2, 0) is 4.74 Å². The molecule has 1 aromatic carbocycles. The number of rotatable bonds is 3. The molecule has 1 saturated heterocycles. The highest BCUT2D eigenvalue weighted by Gasteiger charge is 2.34. The van der Waals surface area contributed by atoms with Gasteiger partial charge in [-0.15, -0.1) is 0 Å². The maximum absolute atomic E-state index is 9.39. The Morgan fingerprint density at radius 3 is 3.00 bits per heavy atom. The Morgan fingerprint density at radius 2 is 2.40 bits per heavy atom. The number of aliphatic hydroxyl groups is 1. The molecule has 1 fully saturated rings. The predicted octanol–water partition coefficient (Wildman–Crippen LogP) is 2.01. The first kappa shape index (κ1) is 10.9. The van der Waals surface area contributed by atoms with Crippen LogP contribution in [-0.4, -0.2) is 30.5 Å². The van der Waals surface area contributed by atoms with E-state index in [1.165, 1.54) is 0 Å². The molecule has 1 unspecified atom stereocenters. The summed E-state index contributed by atoms with van der Waals surface area (Å²) in [6.07, 6.45) is 0.843. The van der Waals surface area contributed by atoms with E-state index >= 15 is 0 Å². The third kappa shape index (κ3) is 2.51. The first-order valence-electron chi connectivity index (χ1n) is 4.96. The maximum Gasteiger partial charge on any atom is 0.0859 e. The van der Waals surface area contributed by atoms with Gasteiger partial charge in [0.15, 0.2) is 0 Å². The van der Waals surface area contributed by atoms with Gasteiger partial charge in [0.2, 0.25) is 0 Å². The average Bonchev–Trinajstić information content (AvgIpc) is 2.67. The van der Waals surface area contributed by atoms with Crippen LogP contribution in [0.1, 0.15) is 6.42 Å². The Balaban J connectivity index is 2.12. The summed E-state index contributed by atoms with van der Waals surface area (Å²) in [6.45, 7) is 1.37. The number of ether oxygens (including phenoxy) is 1. The minimum absolute atomic E-state index is 0.0967. The first-order valence-corrected chi connectivity index (χ1v) is 5.76. The molecule has 0 aromatic heterocycles. The Labute approximate surface area is 97.6 Å². The number of aliphatic hydroxyl groups excluding tert-OH is 1. The second-order valence-electron chi connectivity index (χ2n) is 3.88. The number of hydrogen-bond acceptors (Lipinski definition) is 3. The average molecular weight is 272 g/mol. The molecule has 1 atom stereocenters. The molecule has 0 aliphatic carbocycles. The van der Waals surface area contributed by atoms with Gasteiger partial charge in [0.25, 0.3) is 0 Å². The van der Waals surface area contributed by atoms with E-state index in [2.05, 4.69) is 21.2 Å². The minimum atomic E-state index is -0.305. The van der Waals surface area contributed by atoms with Crippen LogP contribution < -0.4 is 5.32 Å². The number of halogens is 1. The molecule has 4 heteroatoms. The molecule has 1 heterocycles. The summed E-state index contributed by atoms with van der Waals surface area (Å²) < 4.78 is 6.35. The topological polar surface area (TPSA) is 41.5 Å². The van der Waals surface area contributed by atoms with E-state index in [0.717, 1.165) is 16.6 Å². The third-order valence-electron chi connectivity index (χ3n) is 2.64. The van der Waals surface area contributed by atoms with Crippen LogP contribution in [0.2, 0.25) is 0 Å². The van der Waals surface area contributed by atoms with Gasteiger partial charge in [-0.05, 0) is 24.6 Å². The SMILES string of the molecule is OCC1(Nc2cccc(Br)c2)CCOC1. The fourth-order valence-electron chi connectivity index (χ4n) is 1.74.